The summed E-state index contributed by atoms with van der Waals surface area (Å²) in [7, 11) is -3.16. The lowest BCUT2D eigenvalue weighted by Crippen LogP contribution is -2.46. The van der Waals surface area contributed by atoms with Crippen LogP contribution >= 0.6 is 0 Å². The fourth-order valence-corrected chi connectivity index (χ4v) is 3.41. The normalized spacial score (nSPS) is 15.7. The van der Waals surface area contributed by atoms with E-state index >= 15 is 0 Å². The highest BCUT2D eigenvalue weighted by Gasteiger charge is 2.18. The van der Waals surface area contributed by atoms with Gasteiger partial charge in [0.1, 0.15) is 5.82 Å². The predicted octanol–water partition coefficient (Wildman–Crippen LogP) is 2.56. The van der Waals surface area contributed by atoms with Crippen molar-refractivity contribution in [2.24, 2.45) is 0 Å². The molecule has 0 aromatic heterocycles. The molecule has 1 aliphatic rings. The molecular formula is C17H19FN2O2S. The van der Waals surface area contributed by atoms with Crippen molar-refractivity contribution < 1.29 is 12.8 Å². The van der Waals surface area contributed by atoms with Gasteiger partial charge >= 0.3 is 0 Å². The monoisotopic (exact) mass is 334 g/mol. The second-order valence-corrected chi connectivity index (χ2v) is 7.73. The van der Waals surface area contributed by atoms with Gasteiger partial charge < -0.3 is 9.80 Å². The summed E-state index contributed by atoms with van der Waals surface area (Å²) in [4.78, 5) is 4.79. The molecule has 2 aromatic rings. The second-order valence-electron chi connectivity index (χ2n) is 5.72. The first-order chi connectivity index (χ1) is 10.9. The van der Waals surface area contributed by atoms with Crippen molar-refractivity contribution >= 4 is 21.2 Å². The Morgan fingerprint density at radius 3 is 1.57 bits per heavy atom. The molecule has 0 amide bonds. The van der Waals surface area contributed by atoms with Crippen molar-refractivity contribution in [2.45, 2.75) is 4.90 Å². The molecule has 0 unspecified atom stereocenters. The zero-order chi connectivity index (χ0) is 16.4. The number of hydrogen-bond acceptors (Lipinski definition) is 4. The first kappa shape index (κ1) is 15.8. The highest BCUT2D eigenvalue weighted by molar-refractivity contribution is 7.90. The average molecular weight is 334 g/mol. The van der Waals surface area contributed by atoms with E-state index in [9.17, 15) is 12.8 Å². The third kappa shape index (κ3) is 3.64. The van der Waals surface area contributed by atoms with Gasteiger partial charge in [-0.15, -0.1) is 0 Å². The molecule has 2 aromatic carbocycles. The van der Waals surface area contributed by atoms with Crippen LogP contribution in [0.4, 0.5) is 15.8 Å². The fraction of sp³-hybridized carbons (Fsp3) is 0.294. The lowest BCUT2D eigenvalue weighted by Gasteiger charge is -2.37. The maximum atomic E-state index is 13.0. The van der Waals surface area contributed by atoms with Crippen molar-refractivity contribution in [3.05, 3.63) is 54.3 Å². The standard InChI is InChI=1S/C17H19FN2O2S/c1-23(21,22)17-8-6-16(7-9-17)20-12-10-19(11-13-20)15-4-2-14(18)3-5-15/h2-9H,10-13H2,1H3. The van der Waals surface area contributed by atoms with Gasteiger partial charge in [0.2, 0.25) is 0 Å². The van der Waals surface area contributed by atoms with E-state index in [1.807, 2.05) is 12.1 Å². The van der Waals surface area contributed by atoms with Gasteiger partial charge in [0.15, 0.2) is 9.84 Å². The molecule has 4 nitrogen and oxygen atoms in total. The summed E-state index contributed by atoms with van der Waals surface area (Å²) in [5, 5.41) is 0. The molecular weight excluding hydrogens is 315 g/mol. The maximum Gasteiger partial charge on any atom is 0.175 e. The molecule has 1 saturated heterocycles. The van der Waals surface area contributed by atoms with Crippen LogP contribution in [0.5, 0.6) is 0 Å². The Bertz CT molecular complexity index is 765. The second kappa shape index (κ2) is 6.20. The van der Waals surface area contributed by atoms with E-state index in [1.165, 1.54) is 18.4 Å². The van der Waals surface area contributed by atoms with Gasteiger partial charge in [-0.25, -0.2) is 12.8 Å². The summed E-state index contributed by atoms with van der Waals surface area (Å²) in [6, 6.07) is 13.6. The average Bonchev–Trinajstić information content (AvgIpc) is 2.55. The molecule has 0 N–H and O–H groups in total. The number of halogens is 1. The van der Waals surface area contributed by atoms with Crippen LogP contribution in [-0.4, -0.2) is 40.9 Å². The third-order valence-corrected chi connectivity index (χ3v) is 5.23. The van der Waals surface area contributed by atoms with E-state index in [0.717, 1.165) is 37.6 Å². The molecule has 0 spiro atoms. The Kier molecular flexibility index (Phi) is 4.26. The highest BCUT2D eigenvalue weighted by Crippen LogP contribution is 2.22. The summed E-state index contributed by atoms with van der Waals surface area (Å²) >= 11 is 0. The molecule has 23 heavy (non-hydrogen) atoms. The van der Waals surface area contributed by atoms with Crippen LogP contribution < -0.4 is 9.80 Å². The lowest BCUT2D eigenvalue weighted by atomic mass is 10.2. The topological polar surface area (TPSA) is 40.6 Å². The van der Waals surface area contributed by atoms with Crippen molar-refractivity contribution in [3.8, 4) is 0 Å². The van der Waals surface area contributed by atoms with E-state index in [1.54, 1.807) is 24.3 Å². The molecule has 6 heteroatoms. The Labute approximate surface area is 136 Å². The smallest absolute Gasteiger partial charge is 0.175 e. The number of benzene rings is 2. The molecule has 0 saturated carbocycles. The van der Waals surface area contributed by atoms with E-state index in [4.69, 9.17) is 0 Å². The molecule has 0 atom stereocenters. The van der Waals surface area contributed by atoms with Crippen LogP contribution in [-0.2, 0) is 9.84 Å². The Morgan fingerprint density at radius 2 is 1.17 bits per heavy atom. The quantitative estimate of drug-likeness (QED) is 0.865. The number of piperazine rings is 1. The Hall–Kier alpha value is -2.08. The van der Waals surface area contributed by atoms with Gasteiger partial charge in [-0.1, -0.05) is 0 Å². The van der Waals surface area contributed by atoms with E-state index in [0.29, 0.717) is 4.90 Å². The number of nitrogens with zero attached hydrogens (tertiary/aromatic N) is 2. The molecule has 122 valence electrons. The van der Waals surface area contributed by atoms with Crippen LogP contribution in [0.1, 0.15) is 0 Å². The van der Waals surface area contributed by atoms with Crippen molar-refractivity contribution in [3.63, 3.8) is 0 Å². The Balaban J connectivity index is 1.66. The van der Waals surface area contributed by atoms with Crippen LogP contribution in [0.2, 0.25) is 0 Å². The summed E-state index contributed by atoms with van der Waals surface area (Å²) in [5.74, 6) is -0.224. The fourth-order valence-electron chi connectivity index (χ4n) is 2.78. The van der Waals surface area contributed by atoms with Gasteiger partial charge in [0, 0.05) is 43.8 Å². The van der Waals surface area contributed by atoms with E-state index in [-0.39, 0.29) is 5.82 Å². The number of anilines is 2. The highest BCUT2D eigenvalue weighted by atomic mass is 32.2. The van der Waals surface area contributed by atoms with Crippen molar-refractivity contribution in [2.75, 3.05) is 42.2 Å². The van der Waals surface area contributed by atoms with Gasteiger partial charge in [-0.05, 0) is 48.5 Å². The number of hydrogen-bond donors (Lipinski definition) is 0. The molecule has 3 rings (SSSR count). The SMILES string of the molecule is CS(=O)(=O)c1ccc(N2CCN(c3ccc(F)cc3)CC2)cc1. The minimum Gasteiger partial charge on any atom is -0.368 e. The maximum absolute atomic E-state index is 13.0. The summed E-state index contributed by atoms with van der Waals surface area (Å²) in [6.07, 6.45) is 1.21. The molecule has 0 aliphatic carbocycles. The minimum absolute atomic E-state index is 0.224. The van der Waals surface area contributed by atoms with E-state index < -0.39 is 9.84 Å². The molecule has 1 fully saturated rings. The molecule has 1 aliphatic heterocycles. The number of sulfone groups is 1. The van der Waals surface area contributed by atoms with Crippen molar-refractivity contribution in [1.82, 2.24) is 0 Å². The zero-order valence-electron chi connectivity index (χ0n) is 12.9. The van der Waals surface area contributed by atoms with Gasteiger partial charge in [0.25, 0.3) is 0 Å². The Morgan fingerprint density at radius 1 is 0.783 bits per heavy atom. The summed E-state index contributed by atoms with van der Waals surface area (Å²) in [5.41, 5.74) is 2.05. The third-order valence-electron chi connectivity index (χ3n) is 4.10. The lowest BCUT2D eigenvalue weighted by molar-refractivity contribution is 0.602. The largest absolute Gasteiger partial charge is 0.368 e. The van der Waals surface area contributed by atoms with Gasteiger partial charge in [0.05, 0.1) is 4.90 Å². The molecule has 1 heterocycles. The van der Waals surface area contributed by atoms with Gasteiger partial charge in [-0.2, -0.15) is 0 Å². The summed E-state index contributed by atoms with van der Waals surface area (Å²) in [6.45, 7) is 3.38. The van der Waals surface area contributed by atoms with E-state index in [2.05, 4.69) is 9.80 Å². The summed E-state index contributed by atoms with van der Waals surface area (Å²) < 4.78 is 36.0. The van der Waals surface area contributed by atoms with Crippen LogP contribution in [0.15, 0.2) is 53.4 Å². The van der Waals surface area contributed by atoms with Crippen LogP contribution in [0, 0.1) is 5.82 Å². The first-order valence-electron chi connectivity index (χ1n) is 7.49. The minimum atomic E-state index is -3.16. The zero-order valence-corrected chi connectivity index (χ0v) is 13.8. The molecule has 0 bridgehead atoms. The number of rotatable bonds is 3. The predicted molar refractivity (Wildman–Crippen MR) is 90.4 cm³/mol. The first-order valence-corrected chi connectivity index (χ1v) is 9.38. The van der Waals surface area contributed by atoms with Gasteiger partial charge in [-0.3, -0.25) is 0 Å². The molecule has 0 radical (unpaired) electrons. The van der Waals surface area contributed by atoms with Crippen LogP contribution in [0.3, 0.4) is 0 Å². The van der Waals surface area contributed by atoms with Crippen LogP contribution in [0.25, 0.3) is 0 Å². The van der Waals surface area contributed by atoms with Crippen molar-refractivity contribution in [1.29, 1.82) is 0 Å².